The van der Waals surface area contributed by atoms with E-state index in [2.05, 4.69) is 4.72 Å². The standard InChI is InChI=1S/C23H21Cl3N2O5S2/c24-16-4-11-23(21(26)14-16)34(29,30)27-17-5-10-22(20(25)15-17)33-18-6-8-19(9-7-18)35(31,32)28-12-2-1-3-13-28/h4-11,14-15,27H,1-3,12-13H2. The average molecular weight is 576 g/mol. The molecule has 0 unspecified atom stereocenters. The minimum Gasteiger partial charge on any atom is -0.456 e. The maximum atomic E-state index is 12.8. The van der Waals surface area contributed by atoms with E-state index < -0.39 is 20.0 Å². The van der Waals surface area contributed by atoms with Gasteiger partial charge in [0, 0.05) is 18.1 Å². The molecule has 0 aromatic heterocycles. The third-order valence-corrected chi connectivity index (χ3v) is 9.68. The van der Waals surface area contributed by atoms with Crippen molar-refractivity contribution in [3.05, 3.63) is 75.7 Å². The summed E-state index contributed by atoms with van der Waals surface area (Å²) in [7, 11) is -7.52. The van der Waals surface area contributed by atoms with Crippen LogP contribution in [0.2, 0.25) is 15.1 Å². The predicted molar refractivity (Wildman–Crippen MR) is 138 cm³/mol. The number of nitrogens with one attached hydrogen (secondary N) is 1. The van der Waals surface area contributed by atoms with Gasteiger partial charge in [-0.05, 0) is 73.5 Å². The summed E-state index contributed by atoms with van der Waals surface area (Å²) in [4.78, 5) is 0.0723. The van der Waals surface area contributed by atoms with Crippen LogP contribution in [-0.4, -0.2) is 34.2 Å². The Morgan fingerprint density at radius 3 is 2.09 bits per heavy atom. The van der Waals surface area contributed by atoms with Crippen LogP contribution in [0, 0.1) is 0 Å². The number of benzene rings is 3. The number of sulfonamides is 2. The van der Waals surface area contributed by atoms with E-state index in [0.29, 0.717) is 23.9 Å². The van der Waals surface area contributed by atoms with Crippen molar-refractivity contribution in [2.45, 2.75) is 29.1 Å². The molecule has 1 N–H and O–H groups in total. The van der Waals surface area contributed by atoms with Crippen molar-refractivity contribution in [1.29, 1.82) is 0 Å². The Kier molecular flexibility index (Phi) is 7.85. The second-order valence-electron chi connectivity index (χ2n) is 7.86. The number of anilines is 1. The smallest absolute Gasteiger partial charge is 0.263 e. The zero-order valence-corrected chi connectivity index (χ0v) is 22.1. The molecular formula is C23H21Cl3N2O5S2. The molecule has 0 amide bonds. The van der Waals surface area contributed by atoms with Crippen molar-refractivity contribution >= 4 is 60.5 Å². The Morgan fingerprint density at radius 1 is 0.771 bits per heavy atom. The first-order valence-electron chi connectivity index (χ1n) is 10.6. The van der Waals surface area contributed by atoms with Crippen molar-refractivity contribution in [2.24, 2.45) is 0 Å². The fourth-order valence-electron chi connectivity index (χ4n) is 3.61. The molecule has 0 bridgehead atoms. The Labute approximate surface area is 219 Å². The molecule has 0 atom stereocenters. The molecule has 0 radical (unpaired) electrons. The summed E-state index contributed by atoms with van der Waals surface area (Å²) in [5, 5.41) is 0.454. The lowest BCUT2D eigenvalue weighted by molar-refractivity contribution is 0.346. The fraction of sp³-hybridized carbons (Fsp3) is 0.217. The summed E-state index contributed by atoms with van der Waals surface area (Å²) in [6.45, 7) is 1.05. The van der Waals surface area contributed by atoms with E-state index >= 15 is 0 Å². The minimum absolute atomic E-state index is 0.0122. The Bertz CT molecular complexity index is 1440. The molecule has 12 heteroatoms. The summed E-state index contributed by atoms with van der Waals surface area (Å²) in [5.41, 5.74) is 0.205. The van der Waals surface area contributed by atoms with Gasteiger partial charge in [0.15, 0.2) is 0 Å². The van der Waals surface area contributed by atoms with Gasteiger partial charge in [-0.25, -0.2) is 16.8 Å². The summed E-state index contributed by atoms with van der Waals surface area (Å²) in [6.07, 6.45) is 2.75. The van der Waals surface area contributed by atoms with Crippen LogP contribution in [0.25, 0.3) is 0 Å². The molecule has 186 valence electrons. The zero-order valence-electron chi connectivity index (χ0n) is 18.2. The van der Waals surface area contributed by atoms with E-state index in [4.69, 9.17) is 39.5 Å². The van der Waals surface area contributed by atoms with Gasteiger partial charge in [-0.15, -0.1) is 0 Å². The van der Waals surface area contributed by atoms with Crippen molar-refractivity contribution in [3.8, 4) is 11.5 Å². The van der Waals surface area contributed by atoms with Crippen LogP contribution in [-0.2, 0) is 20.0 Å². The van der Waals surface area contributed by atoms with Gasteiger partial charge in [0.25, 0.3) is 10.0 Å². The van der Waals surface area contributed by atoms with Gasteiger partial charge in [-0.2, -0.15) is 4.31 Å². The van der Waals surface area contributed by atoms with Gasteiger partial charge in [-0.3, -0.25) is 4.72 Å². The summed E-state index contributed by atoms with van der Waals surface area (Å²) in [5.74, 6) is 0.650. The number of ether oxygens (including phenoxy) is 1. The van der Waals surface area contributed by atoms with Crippen LogP contribution in [0.1, 0.15) is 19.3 Å². The lowest BCUT2D eigenvalue weighted by Gasteiger charge is -2.25. The fourth-order valence-corrected chi connectivity index (χ4v) is 7.17. The van der Waals surface area contributed by atoms with E-state index in [1.807, 2.05) is 0 Å². The maximum Gasteiger partial charge on any atom is 0.263 e. The van der Waals surface area contributed by atoms with Gasteiger partial charge >= 0.3 is 0 Å². The van der Waals surface area contributed by atoms with E-state index in [9.17, 15) is 16.8 Å². The molecular weight excluding hydrogens is 555 g/mol. The van der Waals surface area contributed by atoms with Crippen LogP contribution in [0.5, 0.6) is 11.5 Å². The van der Waals surface area contributed by atoms with Gasteiger partial charge in [0.2, 0.25) is 10.0 Å². The summed E-state index contributed by atoms with van der Waals surface area (Å²) >= 11 is 18.2. The maximum absolute atomic E-state index is 12.8. The lowest BCUT2D eigenvalue weighted by Crippen LogP contribution is -2.35. The highest BCUT2D eigenvalue weighted by atomic mass is 35.5. The number of hydrogen-bond donors (Lipinski definition) is 1. The molecule has 0 aliphatic carbocycles. The Balaban J connectivity index is 1.47. The second-order valence-corrected chi connectivity index (χ2v) is 12.7. The molecule has 3 aromatic rings. The third-order valence-electron chi connectivity index (χ3n) is 5.37. The third kappa shape index (κ3) is 6.04. The highest BCUT2D eigenvalue weighted by Gasteiger charge is 2.26. The largest absolute Gasteiger partial charge is 0.456 e. The Hall–Kier alpha value is -2.01. The van der Waals surface area contributed by atoms with E-state index in [-0.39, 0.29) is 31.3 Å². The van der Waals surface area contributed by atoms with Crippen LogP contribution < -0.4 is 9.46 Å². The number of piperidine rings is 1. The minimum atomic E-state index is -3.98. The quantitative estimate of drug-likeness (QED) is 0.351. The van der Waals surface area contributed by atoms with Crippen molar-refractivity contribution in [2.75, 3.05) is 17.8 Å². The molecule has 7 nitrogen and oxygen atoms in total. The molecule has 1 fully saturated rings. The normalized spacial score (nSPS) is 15.1. The van der Waals surface area contributed by atoms with E-state index in [1.165, 1.54) is 52.8 Å². The van der Waals surface area contributed by atoms with E-state index in [1.54, 1.807) is 12.1 Å². The van der Waals surface area contributed by atoms with Gasteiger partial charge < -0.3 is 4.74 Å². The Morgan fingerprint density at radius 2 is 1.46 bits per heavy atom. The van der Waals surface area contributed by atoms with Gasteiger partial charge in [0.05, 0.1) is 20.6 Å². The topological polar surface area (TPSA) is 92.8 Å². The first-order chi connectivity index (χ1) is 16.6. The highest BCUT2D eigenvalue weighted by molar-refractivity contribution is 7.92. The summed E-state index contributed by atoms with van der Waals surface area (Å²) < 4.78 is 60.6. The molecule has 4 rings (SSSR count). The van der Waals surface area contributed by atoms with Crippen LogP contribution >= 0.6 is 34.8 Å². The van der Waals surface area contributed by atoms with Crippen LogP contribution in [0.3, 0.4) is 0 Å². The first-order valence-corrected chi connectivity index (χ1v) is 14.7. The molecule has 1 aliphatic rings. The van der Waals surface area contributed by atoms with Gasteiger partial charge in [-0.1, -0.05) is 41.2 Å². The SMILES string of the molecule is O=S(=O)(Nc1ccc(Oc2ccc(S(=O)(=O)N3CCCCC3)cc2)c(Cl)c1)c1ccc(Cl)cc1Cl. The van der Waals surface area contributed by atoms with Crippen molar-refractivity contribution < 1.29 is 21.6 Å². The van der Waals surface area contributed by atoms with E-state index in [0.717, 1.165) is 19.3 Å². The highest BCUT2D eigenvalue weighted by Crippen LogP contribution is 2.34. The monoisotopic (exact) mass is 574 g/mol. The number of rotatable bonds is 7. The van der Waals surface area contributed by atoms with Crippen LogP contribution in [0.15, 0.2) is 70.5 Å². The van der Waals surface area contributed by atoms with Crippen LogP contribution in [0.4, 0.5) is 5.69 Å². The predicted octanol–water partition coefficient (Wildman–Crippen LogP) is 6.41. The second kappa shape index (κ2) is 10.5. The molecule has 1 heterocycles. The average Bonchev–Trinajstić information content (AvgIpc) is 2.81. The van der Waals surface area contributed by atoms with Crippen molar-refractivity contribution in [1.82, 2.24) is 4.31 Å². The number of halogens is 3. The molecule has 3 aromatic carbocycles. The molecule has 1 aliphatic heterocycles. The van der Waals surface area contributed by atoms with Crippen molar-refractivity contribution in [3.63, 3.8) is 0 Å². The molecule has 1 saturated heterocycles. The van der Waals surface area contributed by atoms with Gasteiger partial charge in [0.1, 0.15) is 16.4 Å². The summed E-state index contributed by atoms with van der Waals surface area (Å²) in [6, 6.07) is 14.5. The lowest BCUT2D eigenvalue weighted by atomic mass is 10.2. The number of hydrogen-bond acceptors (Lipinski definition) is 5. The number of nitrogens with zero attached hydrogens (tertiary/aromatic N) is 1. The molecule has 0 spiro atoms. The molecule has 0 saturated carbocycles. The first kappa shape index (κ1) is 26.1. The zero-order chi connectivity index (χ0) is 25.2. The molecule has 35 heavy (non-hydrogen) atoms.